The first-order valence-corrected chi connectivity index (χ1v) is 7.70. The Bertz CT molecular complexity index is 363. The molecule has 114 valence electrons. The van der Waals surface area contributed by atoms with E-state index in [1.54, 1.807) is 0 Å². The first-order valence-electron chi connectivity index (χ1n) is 7.70. The van der Waals surface area contributed by atoms with E-state index in [9.17, 15) is 9.59 Å². The topological polar surface area (TPSA) is 66.8 Å². The predicted octanol–water partition coefficient (Wildman–Crippen LogP) is 2.05. The molecule has 2 aliphatic rings. The van der Waals surface area contributed by atoms with Gasteiger partial charge in [-0.3, -0.25) is 9.59 Å². The SMILES string of the molecule is CCC1(C(=O)N2CCOC(CC(=O)O)C2)CCCCC1. The Morgan fingerprint density at radius 2 is 2.00 bits per heavy atom. The highest BCUT2D eigenvalue weighted by atomic mass is 16.5. The minimum absolute atomic E-state index is 0.0249. The van der Waals surface area contributed by atoms with Crippen LogP contribution in [-0.4, -0.2) is 47.7 Å². The van der Waals surface area contributed by atoms with E-state index >= 15 is 0 Å². The number of ether oxygens (including phenoxy) is 1. The number of hydrogen-bond donors (Lipinski definition) is 1. The van der Waals surface area contributed by atoms with Gasteiger partial charge in [0.25, 0.3) is 0 Å². The Hall–Kier alpha value is -1.10. The zero-order valence-corrected chi connectivity index (χ0v) is 12.3. The third kappa shape index (κ3) is 3.32. The summed E-state index contributed by atoms with van der Waals surface area (Å²) in [5, 5.41) is 8.85. The number of rotatable bonds is 4. The van der Waals surface area contributed by atoms with Gasteiger partial charge in [-0.25, -0.2) is 0 Å². The molecule has 1 atom stereocenters. The number of carboxylic acid groups (broad SMARTS) is 1. The lowest BCUT2D eigenvalue weighted by molar-refractivity contribution is -0.155. The van der Waals surface area contributed by atoms with E-state index in [-0.39, 0.29) is 23.8 Å². The molecule has 1 aliphatic heterocycles. The van der Waals surface area contributed by atoms with E-state index in [0.717, 1.165) is 32.1 Å². The van der Waals surface area contributed by atoms with Gasteiger partial charge in [0, 0.05) is 18.5 Å². The molecule has 1 aliphatic carbocycles. The van der Waals surface area contributed by atoms with Crippen molar-refractivity contribution in [2.45, 2.75) is 58.0 Å². The highest BCUT2D eigenvalue weighted by Crippen LogP contribution is 2.41. The summed E-state index contributed by atoms with van der Waals surface area (Å²) >= 11 is 0. The van der Waals surface area contributed by atoms with Crippen LogP contribution < -0.4 is 0 Å². The Labute approximate surface area is 120 Å². The zero-order valence-electron chi connectivity index (χ0n) is 12.3. The third-order valence-corrected chi connectivity index (χ3v) is 4.77. The van der Waals surface area contributed by atoms with Gasteiger partial charge in [-0.05, 0) is 19.3 Å². The van der Waals surface area contributed by atoms with Crippen molar-refractivity contribution < 1.29 is 19.4 Å². The van der Waals surface area contributed by atoms with Gasteiger partial charge in [-0.2, -0.15) is 0 Å². The number of hydrogen-bond acceptors (Lipinski definition) is 3. The standard InChI is InChI=1S/C15H25NO4/c1-2-15(6-4-3-5-7-15)14(19)16-8-9-20-12(11-16)10-13(17)18/h12H,2-11H2,1H3,(H,17,18). The van der Waals surface area contributed by atoms with Crippen LogP contribution in [0.3, 0.4) is 0 Å². The molecule has 0 radical (unpaired) electrons. The van der Waals surface area contributed by atoms with Crippen LogP contribution in [0.15, 0.2) is 0 Å². The monoisotopic (exact) mass is 283 g/mol. The summed E-state index contributed by atoms with van der Waals surface area (Å²) in [6, 6.07) is 0. The summed E-state index contributed by atoms with van der Waals surface area (Å²) < 4.78 is 5.45. The van der Waals surface area contributed by atoms with Gasteiger partial charge in [-0.1, -0.05) is 26.2 Å². The van der Waals surface area contributed by atoms with E-state index in [2.05, 4.69) is 6.92 Å². The number of aliphatic carboxylic acids is 1. The Morgan fingerprint density at radius 1 is 1.30 bits per heavy atom. The maximum Gasteiger partial charge on any atom is 0.306 e. The van der Waals surface area contributed by atoms with Crippen LogP contribution in [0, 0.1) is 5.41 Å². The number of nitrogens with zero attached hydrogens (tertiary/aromatic N) is 1. The van der Waals surface area contributed by atoms with Gasteiger partial charge in [0.2, 0.25) is 5.91 Å². The molecule has 1 heterocycles. The Balaban J connectivity index is 2.01. The Kier molecular flexibility index (Phi) is 5.02. The van der Waals surface area contributed by atoms with Gasteiger partial charge in [0.15, 0.2) is 0 Å². The van der Waals surface area contributed by atoms with Crippen LogP contribution in [0.25, 0.3) is 0 Å². The predicted molar refractivity (Wildman–Crippen MR) is 74.4 cm³/mol. The smallest absolute Gasteiger partial charge is 0.306 e. The molecule has 1 N–H and O–H groups in total. The fraction of sp³-hybridized carbons (Fsp3) is 0.867. The van der Waals surface area contributed by atoms with Crippen LogP contribution in [0.2, 0.25) is 0 Å². The molecule has 0 aromatic carbocycles. The highest BCUT2D eigenvalue weighted by Gasteiger charge is 2.41. The quantitative estimate of drug-likeness (QED) is 0.857. The van der Waals surface area contributed by atoms with Crippen LogP contribution >= 0.6 is 0 Å². The van der Waals surface area contributed by atoms with E-state index in [1.165, 1.54) is 6.42 Å². The number of carbonyl (C=O) groups is 2. The fourth-order valence-corrected chi connectivity index (χ4v) is 3.50. The lowest BCUT2D eigenvalue weighted by Gasteiger charge is -2.42. The lowest BCUT2D eigenvalue weighted by Crippen LogP contribution is -2.52. The second-order valence-electron chi connectivity index (χ2n) is 6.04. The maximum atomic E-state index is 12.9. The van der Waals surface area contributed by atoms with Gasteiger partial charge >= 0.3 is 5.97 Å². The second-order valence-corrected chi connectivity index (χ2v) is 6.04. The summed E-state index contributed by atoms with van der Waals surface area (Å²) in [4.78, 5) is 25.5. The van der Waals surface area contributed by atoms with Crippen LogP contribution in [0.1, 0.15) is 51.9 Å². The molecule has 0 aromatic heterocycles. The summed E-state index contributed by atoms with van der Waals surface area (Å²) in [5.74, 6) is -0.648. The second kappa shape index (κ2) is 6.57. The maximum absolute atomic E-state index is 12.9. The molecule has 5 nitrogen and oxygen atoms in total. The summed E-state index contributed by atoms with van der Waals surface area (Å²) in [6.45, 7) is 3.56. The first-order chi connectivity index (χ1) is 9.57. The minimum Gasteiger partial charge on any atom is -0.481 e. The number of morpholine rings is 1. The number of carboxylic acids is 1. The third-order valence-electron chi connectivity index (χ3n) is 4.77. The Morgan fingerprint density at radius 3 is 2.60 bits per heavy atom. The first kappa shape index (κ1) is 15.3. The van der Waals surface area contributed by atoms with Crippen molar-refractivity contribution in [2.75, 3.05) is 19.7 Å². The minimum atomic E-state index is -0.868. The molecule has 5 heteroatoms. The molecular formula is C15H25NO4. The average Bonchev–Trinajstić information content (AvgIpc) is 2.47. The molecule has 1 saturated heterocycles. The normalized spacial score (nSPS) is 26.2. The summed E-state index contributed by atoms with van der Waals surface area (Å²) in [5.41, 5.74) is -0.205. The molecule has 1 amide bonds. The van der Waals surface area contributed by atoms with Crippen molar-refractivity contribution in [3.05, 3.63) is 0 Å². The average molecular weight is 283 g/mol. The largest absolute Gasteiger partial charge is 0.481 e. The van der Waals surface area contributed by atoms with Crippen LogP contribution in [0.5, 0.6) is 0 Å². The van der Waals surface area contributed by atoms with Gasteiger partial charge in [0.05, 0.1) is 19.1 Å². The fourth-order valence-electron chi connectivity index (χ4n) is 3.50. The molecule has 1 saturated carbocycles. The summed E-state index contributed by atoms with van der Waals surface area (Å²) in [6.07, 6.45) is 5.93. The van der Waals surface area contributed by atoms with Gasteiger partial charge < -0.3 is 14.7 Å². The van der Waals surface area contributed by atoms with Crippen molar-refractivity contribution in [3.63, 3.8) is 0 Å². The molecule has 0 aromatic rings. The lowest BCUT2D eigenvalue weighted by atomic mass is 9.71. The van der Waals surface area contributed by atoms with Crippen LogP contribution in [-0.2, 0) is 14.3 Å². The van der Waals surface area contributed by atoms with Crippen LogP contribution in [0.4, 0.5) is 0 Å². The van der Waals surface area contributed by atoms with Crippen molar-refractivity contribution in [1.82, 2.24) is 4.90 Å². The molecule has 2 rings (SSSR count). The van der Waals surface area contributed by atoms with E-state index in [0.29, 0.717) is 19.7 Å². The van der Waals surface area contributed by atoms with Gasteiger partial charge in [-0.15, -0.1) is 0 Å². The molecule has 2 fully saturated rings. The molecule has 0 spiro atoms. The zero-order chi connectivity index (χ0) is 14.6. The molecule has 1 unspecified atom stereocenters. The number of amides is 1. The van der Waals surface area contributed by atoms with E-state index in [1.807, 2.05) is 4.90 Å². The highest BCUT2D eigenvalue weighted by molar-refractivity contribution is 5.83. The molecular weight excluding hydrogens is 258 g/mol. The van der Waals surface area contributed by atoms with Gasteiger partial charge in [0.1, 0.15) is 0 Å². The van der Waals surface area contributed by atoms with Crippen molar-refractivity contribution in [2.24, 2.45) is 5.41 Å². The summed E-state index contributed by atoms with van der Waals surface area (Å²) in [7, 11) is 0. The molecule has 20 heavy (non-hydrogen) atoms. The molecule has 0 bridgehead atoms. The van der Waals surface area contributed by atoms with E-state index < -0.39 is 5.97 Å². The van der Waals surface area contributed by atoms with Crippen molar-refractivity contribution in [1.29, 1.82) is 0 Å². The number of carbonyl (C=O) groups excluding carboxylic acids is 1. The van der Waals surface area contributed by atoms with Crippen molar-refractivity contribution >= 4 is 11.9 Å². The van der Waals surface area contributed by atoms with Crippen molar-refractivity contribution in [3.8, 4) is 0 Å². The van der Waals surface area contributed by atoms with E-state index in [4.69, 9.17) is 9.84 Å².